The van der Waals surface area contributed by atoms with Gasteiger partial charge in [-0.25, -0.2) is 0 Å². The number of hydrogen-bond donors (Lipinski definition) is 3. The molecule has 0 aliphatic heterocycles. The van der Waals surface area contributed by atoms with E-state index in [0.29, 0.717) is 11.1 Å². The van der Waals surface area contributed by atoms with Crippen LogP contribution in [0.1, 0.15) is 41.6 Å². The third-order valence-electron chi connectivity index (χ3n) is 3.54. The van der Waals surface area contributed by atoms with Gasteiger partial charge in [0.2, 0.25) is 0 Å². The van der Waals surface area contributed by atoms with E-state index >= 15 is 0 Å². The Hall–Kier alpha value is -1.83. The average Bonchev–Trinajstić information content (AvgIpc) is 2.47. The molecule has 0 radical (unpaired) electrons. The Morgan fingerprint density at radius 2 is 2.10 bits per heavy atom. The number of hydrogen-bond acceptors (Lipinski definition) is 3. The minimum absolute atomic E-state index is 0.160. The van der Waals surface area contributed by atoms with E-state index in [0.717, 1.165) is 25.7 Å². The number of carbonyl (C=O) groups excluding carboxylic acids is 1. The van der Waals surface area contributed by atoms with Crippen molar-refractivity contribution in [2.45, 2.75) is 37.8 Å². The molecule has 0 bridgehead atoms. The van der Waals surface area contributed by atoms with Crippen molar-refractivity contribution in [3.8, 4) is 11.8 Å². The Bertz CT molecular complexity index is 531. The van der Waals surface area contributed by atoms with Crippen LogP contribution < -0.4 is 11.1 Å². The third-order valence-corrected chi connectivity index (χ3v) is 3.54. The van der Waals surface area contributed by atoms with Crippen LogP contribution in [0.4, 0.5) is 0 Å². The summed E-state index contributed by atoms with van der Waals surface area (Å²) in [4.78, 5) is 12.3. The topological polar surface area (TPSA) is 75.4 Å². The van der Waals surface area contributed by atoms with E-state index in [1.165, 1.54) is 0 Å². The number of nitrogens with one attached hydrogen (secondary N) is 1. The van der Waals surface area contributed by atoms with E-state index in [9.17, 15) is 9.90 Å². The summed E-state index contributed by atoms with van der Waals surface area (Å²) in [5.74, 6) is 5.48. The largest absolute Gasteiger partial charge is 0.391 e. The van der Waals surface area contributed by atoms with E-state index in [1.807, 2.05) is 6.07 Å². The lowest BCUT2D eigenvalue weighted by molar-refractivity contribution is 0.0717. The van der Waals surface area contributed by atoms with Crippen molar-refractivity contribution >= 4 is 5.91 Å². The molecule has 1 amide bonds. The minimum Gasteiger partial charge on any atom is -0.391 e. The maximum absolute atomic E-state index is 12.3. The highest BCUT2D eigenvalue weighted by Crippen LogP contribution is 2.19. The maximum Gasteiger partial charge on any atom is 0.252 e. The van der Waals surface area contributed by atoms with E-state index in [1.54, 1.807) is 18.2 Å². The van der Waals surface area contributed by atoms with Gasteiger partial charge in [0, 0.05) is 5.56 Å². The summed E-state index contributed by atoms with van der Waals surface area (Å²) in [5, 5.41) is 12.8. The van der Waals surface area contributed by atoms with Crippen LogP contribution in [0.15, 0.2) is 24.3 Å². The van der Waals surface area contributed by atoms with Crippen molar-refractivity contribution in [2.24, 2.45) is 5.73 Å². The van der Waals surface area contributed by atoms with Crippen LogP contribution in [-0.4, -0.2) is 29.7 Å². The zero-order chi connectivity index (χ0) is 14.4. The number of aliphatic hydroxyl groups is 1. The van der Waals surface area contributed by atoms with Crippen LogP contribution in [0.25, 0.3) is 0 Å². The van der Waals surface area contributed by atoms with Gasteiger partial charge in [0.05, 0.1) is 24.3 Å². The molecule has 0 aromatic heterocycles. The van der Waals surface area contributed by atoms with Gasteiger partial charge in [-0.05, 0) is 25.0 Å². The van der Waals surface area contributed by atoms with Crippen molar-refractivity contribution in [3.05, 3.63) is 35.4 Å². The minimum atomic E-state index is -0.449. The number of amides is 1. The molecule has 0 spiro atoms. The Morgan fingerprint density at radius 3 is 2.85 bits per heavy atom. The van der Waals surface area contributed by atoms with Crippen molar-refractivity contribution in [2.75, 3.05) is 6.54 Å². The van der Waals surface area contributed by atoms with Gasteiger partial charge in [0.25, 0.3) is 5.91 Å². The molecule has 1 aliphatic rings. The van der Waals surface area contributed by atoms with Crippen LogP contribution in [0.5, 0.6) is 0 Å². The molecule has 1 saturated carbocycles. The first kappa shape index (κ1) is 14.6. The van der Waals surface area contributed by atoms with Crippen LogP contribution in [0.2, 0.25) is 0 Å². The summed E-state index contributed by atoms with van der Waals surface area (Å²) in [7, 11) is 0. The van der Waals surface area contributed by atoms with Gasteiger partial charge in [-0.2, -0.15) is 0 Å². The van der Waals surface area contributed by atoms with Gasteiger partial charge in [0.15, 0.2) is 0 Å². The van der Waals surface area contributed by atoms with E-state index < -0.39 is 6.10 Å². The fraction of sp³-hybridized carbons (Fsp3) is 0.438. The summed E-state index contributed by atoms with van der Waals surface area (Å²) in [6.45, 7) is 0.261. The fourth-order valence-electron chi connectivity index (χ4n) is 2.46. The van der Waals surface area contributed by atoms with Gasteiger partial charge in [0.1, 0.15) is 0 Å². The lowest BCUT2D eigenvalue weighted by Crippen LogP contribution is -2.45. The molecule has 4 nitrogen and oxygen atoms in total. The predicted molar refractivity (Wildman–Crippen MR) is 78.1 cm³/mol. The van der Waals surface area contributed by atoms with Gasteiger partial charge < -0.3 is 16.2 Å². The lowest BCUT2D eigenvalue weighted by Gasteiger charge is -2.28. The first-order chi connectivity index (χ1) is 9.72. The molecule has 1 aromatic carbocycles. The normalized spacial score (nSPS) is 21.7. The zero-order valence-electron chi connectivity index (χ0n) is 11.4. The van der Waals surface area contributed by atoms with E-state index in [2.05, 4.69) is 17.2 Å². The highest BCUT2D eigenvalue weighted by Gasteiger charge is 2.25. The number of carbonyl (C=O) groups is 1. The summed E-state index contributed by atoms with van der Waals surface area (Å²) < 4.78 is 0. The Morgan fingerprint density at radius 1 is 1.35 bits per heavy atom. The molecular weight excluding hydrogens is 252 g/mol. The fourth-order valence-corrected chi connectivity index (χ4v) is 2.46. The van der Waals surface area contributed by atoms with Gasteiger partial charge in [-0.3, -0.25) is 4.79 Å². The number of benzene rings is 1. The second-order valence-electron chi connectivity index (χ2n) is 4.98. The van der Waals surface area contributed by atoms with E-state index in [4.69, 9.17) is 5.73 Å². The number of aliphatic hydroxyl groups excluding tert-OH is 1. The zero-order valence-corrected chi connectivity index (χ0v) is 11.4. The van der Waals surface area contributed by atoms with Crippen LogP contribution in [-0.2, 0) is 0 Å². The smallest absolute Gasteiger partial charge is 0.252 e. The Labute approximate surface area is 119 Å². The maximum atomic E-state index is 12.3. The molecule has 0 saturated heterocycles. The highest BCUT2D eigenvalue weighted by molar-refractivity contribution is 5.96. The van der Waals surface area contributed by atoms with Crippen molar-refractivity contribution in [1.82, 2.24) is 5.32 Å². The monoisotopic (exact) mass is 272 g/mol. The highest BCUT2D eigenvalue weighted by atomic mass is 16.3. The molecule has 1 fully saturated rings. The third kappa shape index (κ3) is 3.60. The SMILES string of the molecule is NCC#Cc1ccccc1C(=O)NC1CCCCC1O. The molecule has 1 aliphatic carbocycles. The average molecular weight is 272 g/mol. The lowest BCUT2D eigenvalue weighted by atomic mass is 9.92. The summed E-state index contributed by atoms with van der Waals surface area (Å²) in [6, 6.07) is 7.03. The quantitative estimate of drug-likeness (QED) is 0.704. The molecule has 4 N–H and O–H groups in total. The molecule has 106 valence electrons. The molecule has 2 rings (SSSR count). The molecule has 4 heteroatoms. The molecule has 0 heterocycles. The summed E-state index contributed by atoms with van der Waals surface area (Å²) in [5.41, 5.74) is 6.56. The standard InChI is InChI=1S/C16H20N2O2/c17-11-5-7-12-6-1-2-8-13(12)16(20)18-14-9-3-4-10-15(14)19/h1-2,6,8,14-15,19H,3-4,9-11,17H2,(H,18,20). The van der Waals surface area contributed by atoms with Crippen LogP contribution in [0, 0.1) is 11.8 Å². The molecule has 1 aromatic rings. The van der Waals surface area contributed by atoms with Gasteiger partial charge >= 0.3 is 0 Å². The summed E-state index contributed by atoms with van der Waals surface area (Å²) in [6.07, 6.45) is 3.18. The van der Waals surface area contributed by atoms with Crippen molar-refractivity contribution < 1.29 is 9.90 Å². The van der Waals surface area contributed by atoms with Gasteiger partial charge in [-0.1, -0.05) is 36.8 Å². The first-order valence-electron chi connectivity index (χ1n) is 6.99. The second kappa shape index (κ2) is 7.09. The first-order valence-corrected chi connectivity index (χ1v) is 6.99. The van der Waals surface area contributed by atoms with Crippen molar-refractivity contribution in [1.29, 1.82) is 0 Å². The molecule has 20 heavy (non-hydrogen) atoms. The second-order valence-corrected chi connectivity index (χ2v) is 4.98. The number of nitrogens with two attached hydrogens (primary N) is 1. The Balaban J connectivity index is 2.12. The van der Waals surface area contributed by atoms with Crippen LogP contribution >= 0.6 is 0 Å². The Kier molecular flexibility index (Phi) is 5.16. The molecule has 2 unspecified atom stereocenters. The molecular formula is C16H20N2O2. The van der Waals surface area contributed by atoms with Crippen molar-refractivity contribution in [3.63, 3.8) is 0 Å². The predicted octanol–water partition coefficient (Wildman–Crippen LogP) is 1.03. The summed E-state index contributed by atoms with van der Waals surface area (Å²) >= 11 is 0. The van der Waals surface area contributed by atoms with E-state index in [-0.39, 0.29) is 18.5 Å². The van der Waals surface area contributed by atoms with Gasteiger partial charge in [-0.15, -0.1) is 0 Å². The number of rotatable bonds is 2. The van der Waals surface area contributed by atoms with Crippen LogP contribution in [0.3, 0.4) is 0 Å². The molecule has 2 atom stereocenters.